The predicted molar refractivity (Wildman–Crippen MR) is 42.7 cm³/mol. The second-order valence-corrected chi connectivity index (χ2v) is 2.32. The van der Waals surface area contributed by atoms with Crippen molar-refractivity contribution in [1.29, 1.82) is 0 Å². The molecule has 0 spiro atoms. The summed E-state index contributed by atoms with van der Waals surface area (Å²) in [6.45, 7) is 4.03. The van der Waals surface area contributed by atoms with Crippen molar-refractivity contribution in [3.8, 4) is 0 Å². The molecule has 0 aliphatic heterocycles. The van der Waals surface area contributed by atoms with Crippen LogP contribution in [0.3, 0.4) is 0 Å². The fraction of sp³-hybridized carbons (Fsp3) is 0.375. The van der Waals surface area contributed by atoms with E-state index < -0.39 is 0 Å². The minimum atomic E-state index is 1.01. The van der Waals surface area contributed by atoms with Crippen LogP contribution < -0.4 is 0 Å². The quantitative estimate of drug-likeness (QED) is 0.575. The fourth-order valence-corrected chi connectivity index (χ4v) is 0.817. The van der Waals surface area contributed by atoms with E-state index in [1.165, 1.54) is 5.69 Å². The van der Waals surface area contributed by atoms with Crippen LogP contribution in [0, 0.1) is 6.92 Å². The highest BCUT2D eigenvalue weighted by molar-refractivity contribution is 5.40. The lowest BCUT2D eigenvalue weighted by atomic mass is 10.5. The molecule has 0 bridgehead atoms. The summed E-state index contributed by atoms with van der Waals surface area (Å²) in [5.41, 5.74) is 1.19. The highest BCUT2D eigenvalue weighted by Crippen LogP contribution is 2.01. The summed E-state index contributed by atoms with van der Waals surface area (Å²) >= 11 is 0. The molecule has 0 saturated heterocycles. The maximum Gasteiger partial charge on any atom is 0.132 e. The first-order valence-corrected chi connectivity index (χ1v) is 3.36. The lowest BCUT2D eigenvalue weighted by molar-refractivity contribution is 0.860. The predicted octanol–water partition coefficient (Wildman–Crippen LogP) is 1.76. The van der Waals surface area contributed by atoms with Crippen LogP contribution in [0.2, 0.25) is 0 Å². The SMILES string of the molecule is C/C=C\c1ncc(C)n1C. The summed E-state index contributed by atoms with van der Waals surface area (Å²) in [5, 5.41) is 0. The number of rotatable bonds is 1. The highest BCUT2D eigenvalue weighted by atomic mass is 15.0. The molecular formula is C8H12N2. The Morgan fingerprint density at radius 3 is 2.70 bits per heavy atom. The van der Waals surface area contributed by atoms with Crippen LogP contribution in [0.5, 0.6) is 0 Å². The first kappa shape index (κ1) is 7.06. The molecule has 0 aliphatic rings. The molecule has 0 aliphatic carbocycles. The van der Waals surface area contributed by atoms with Crippen molar-refractivity contribution in [2.75, 3.05) is 0 Å². The van der Waals surface area contributed by atoms with Gasteiger partial charge in [-0.15, -0.1) is 0 Å². The van der Waals surface area contributed by atoms with Crippen molar-refractivity contribution in [3.63, 3.8) is 0 Å². The van der Waals surface area contributed by atoms with Gasteiger partial charge < -0.3 is 4.57 Å². The lowest BCUT2D eigenvalue weighted by Gasteiger charge is -1.95. The number of nitrogens with zero attached hydrogens (tertiary/aromatic N) is 2. The summed E-state index contributed by atoms with van der Waals surface area (Å²) in [6.07, 6.45) is 5.85. The molecule has 1 aromatic rings. The largest absolute Gasteiger partial charge is 0.332 e. The van der Waals surface area contributed by atoms with Crippen LogP contribution in [0.25, 0.3) is 6.08 Å². The minimum Gasteiger partial charge on any atom is -0.332 e. The molecule has 0 atom stereocenters. The number of allylic oxidation sites excluding steroid dienone is 1. The molecule has 0 aromatic carbocycles. The van der Waals surface area contributed by atoms with Gasteiger partial charge in [0.05, 0.1) is 0 Å². The van der Waals surface area contributed by atoms with Gasteiger partial charge in [-0.3, -0.25) is 0 Å². The standard InChI is InChI=1S/C8H12N2/c1-4-5-8-9-6-7(2)10(8)3/h4-6H,1-3H3/b5-4-. The Morgan fingerprint density at radius 1 is 1.60 bits per heavy atom. The Labute approximate surface area is 61.2 Å². The van der Waals surface area contributed by atoms with Gasteiger partial charge in [0.15, 0.2) is 0 Å². The molecule has 2 heteroatoms. The van der Waals surface area contributed by atoms with Gasteiger partial charge in [0.1, 0.15) is 5.82 Å². The van der Waals surface area contributed by atoms with E-state index in [9.17, 15) is 0 Å². The monoisotopic (exact) mass is 136 g/mol. The Hall–Kier alpha value is -1.05. The summed E-state index contributed by atoms with van der Waals surface area (Å²) in [5.74, 6) is 1.01. The molecule has 1 aromatic heterocycles. The zero-order valence-corrected chi connectivity index (χ0v) is 6.63. The van der Waals surface area contributed by atoms with Gasteiger partial charge in [-0.2, -0.15) is 0 Å². The van der Waals surface area contributed by atoms with E-state index in [-0.39, 0.29) is 0 Å². The number of hydrogen-bond donors (Lipinski definition) is 0. The normalized spacial score (nSPS) is 11.1. The van der Waals surface area contributed by atoms with Crippen molar-refractivity contribution >= 4 is 6.08 Å². The van der Waals surface area contributed by atoms with Crippen molar-refractivity contribution in [3.05, 3.63) is 23.8 Å². The van der Waals surface area contributed by atoms with Crippen LogP contribution in [-0.4, -0.2) is 9.55 Å². The maximum atomic E-state index is 4.18. The molecular weight excluding hydrogens is 124 g/mol. The molecule has 0 amide bonds. The molecule has 2 nitrogen and oxygen atoms in total. The zero-order chi connectivity index (χ0) is 7.56. The van der Waals surface area contributed by atoms with E-state index in [1.807, 2.05) is 39.2 Å². The number of imidazole rings is 1. The number of aryl methyl sites for hydroxylation is 1. The van der Waals surface area contributed by atoms with Gasteiger partial charge in [-0.05, 0) is 19.9 Å². The van der Waals surface area contributed by atoms with Crippen molar-refractivity contribution < 1.29 is 0 Å². The van der Waals surface area contributed by atoms with Crippen molar-refractivity contribution in [2.45, 2.75) is 13.8 Å². The second-order valence-electron chi connectivity index (χ2n) is 2.32. The fourth-order valence-electron chi connectivity index (χ4n) is 0.817. The zero-order valence-electron chi connectivity index (χ0n) is 6.63. The first-order valence-electron chi connectivity index (χ1n) is 3.36. The van der Waals surface area contributed by atoms with Crippen LogP contribution in [0.15, 0.2) is 12.3 Å². The molecule has 0 radical (unpaired) electrons. The lowest BCUT2D eigenvalue weighted by Crippen LogP contribution is -1.92. The average Bonchev–Trinajstić information content (AvgIpc) is 2.20. The number of aromatic nitrogens is 2. The molecule has 0 unspecified atom stereocenters. The van der Waals surface area contributed by atoms with E-state index in [1.54, 1.807) is 0 Å². The molecule has 1 heterocycles. The van der Waals surface area contributed by atoms with E-state index >= 15 is 0 Å². The molecule has 1 rings (SSSR count). The summed E-state index contributed by atoms with van der Waals surface area (Å²) in [7, 11) is 2.01. The van der Waals surface area contributed by atoms with Crippen LogP contribution in [0.4, 0.5) is 0 Å². The topological polar surface area (TPSA) is 17.8 Å². The molecule has 10 heavy (non-hydrogen) atoms. The van der Waals surface area contributed by atoms with Gasteiger partial charge in [0.2, 0.25) is 0 Å². The van der Waals surface area contributed by atoms with E-state index in [0.717, 1.165) is 5.82 Å². The van der Waals surface area contributed by atoms with Crippen LogP contribution >= 0.6 is 0 Å². The summed E-state index contributed by atoms with van der Waals surface area (Å²) < 4.78 is 2.06. The third kappa shape index (κ3) is 1.10. The highest BCUT2D eigenvalue weighted by Gasteiger charge is 1.95. The third-order valence-electron chi connectivity index (χ3n) is 1.57. The van der Waals surface area contributed by atoms with Crippen molar-refractivity contribution in [2.24, 2.45) is 7.05 Å². The van der Waals surface area contributed by atoms with Gasteiger partial charge in [0, 0.05) is 18.9 Å². The first-order chi connectivity index (χ1) is 4.75. The minimum absolute atomic E-state index is 1.01. The summed E-state index contributed by atoms with van der Waals surface area (Å²) in [6, 6.07) is 0. The van der Waals surface area contributed by atoms with Crippen LogP contribution in [0.1, 0.15) is 18.4 Å². The van der Waals surface area contributed by atoms with Gasteiger partial charge in [-0.1, -0.05) is 6.08 Å². The smallest absolute Gasteiger partial charge is 0.132 e. The Morgan fingerprint density at radius 2 is 2.30 bits per heavy atom. The second kappa shape index (κ2) is 2.69. The Bertz CT molecular complexity index is 246. The number of hydrogen-bond acceptors (Lipinski definition) is 1. The average molecular weight is 136 g/mol. The molecule has 54 valence electrons. The van der Waals surface area contributed by atoms with Gasteiger partial charge in [-0.25, -0.2) is 4.98 Å². The molecule has 0 fully saturated rings. The molecule has 0 saturated carbocycles. The third-order valence-corrected chi connectivity index (χ3v) is 1.57. The Balaban J connectivity index is 3.05. The van der Waals surface area contributed by atoms with Gasteiger partial charge >= 0.3 is 0 Å². The van der Waals surface area contributed by atoms with E-state index in [4.69, 9.17) is 0 Å². The van der Waals surface area contributed by atoms with E-state index in [0.29, 0.717) is 0 Å². The van der Waals surface area contributed by atoms with Crippen molar-refractivity contribution in [1.82, 2.24) is 9.55 Å². The summed E-state index contributed by atoms with van der Waals surface area (Å²) in [4.78, 5) is 4.18. The van der Waals surface area contributed by atoms with E-state index in [2.05, 4.69) is 9.55 Å². The molecule has 0 N–H and O–H groups in total. The van der Waals surface area contributed by atoms with Crippen LogP contribution in [-0.2, 0) is 7.05 Å². The van der Waals surface area contributed by atoms with Gasteiger partial charge in [0.25, 0.3) is 0 Å². The maximum absolute atomic E-state index is 4.18. The Kier molecular flexibility index (Phi) is 1.90.